The third-order valence-corrected chi connectivity index (χ3v) is 5.46. The van der Waals surface area contributed by atoms with Crippen molar-refractivity contribution < 1.29 is 13.9 Å². The van der Waals surface area contributed by atoms with Gasteiger partial charge in [-0.2, -0.15) is 0 Å². The number of hydrogen-bond acceptors (Lipinski definition) is 4. The van der Waals surface area contributed by atoms with Crippen molar-refractivity contribution >= 4 is 11.6 Å². The first-order valence-corrected chi connectivity index (χ1v) is 10.5. The number of aryl methyl sites for hydroxylation is 1. The second kappa shape index (κ2) is 9.63. The molecule has 0 unspecified atom stereocenters. The van der Waals surface area contributed by atoms with Gasteiger partial charge in [-0.3, -0.25) is 4.79 Å². The molecule has 4 rings (SSSR count). The van der Waals surface area contributed by atoms with E-state index in [9.17, 15) is 4.79 Å². The van der Waals surface area contributed by atoms with Crippen LogP contribution in [0.2, 0.25) is 0 Å². The lowest BCUT2D eigenvalue weighted by atomic mass is 10.1. The van der Waals surface area contributed by atoms with Crippen LogP contribution in [-0.2, 0) is 22.5 Å². The summed E-state index contributed by atoms with van der Waals surface area (Å²) >= 11 is 0. The number of carbonyl (C=O) groups excluding carboxylic acids is 1. The van der Waals surface area contributed by atoms with Crippen molar-refractivity contribution in [2.24, 2.45) is 0 Å². The van der Waals surface area contributed by atoms with E-state index in [-0.39, 0.29) is 5.91 Å². The van der Waals surface area contributed by atoms with E-state index in [2.05, 4.69) is 29.2 Å². The van der Waals surface area contributed by atoms with Crippen molar-refractivity contribution in [1.29, 1.82) is 0 Å². The second-order valence-electron chi connectivity index (χ2n) is 7.65. The first kappa shape index (κ1) is 20.2. The van der Waals surface area contributed by atoms with E-state index in [0.29, 0.717) is 19.4 Å². The van der Waals surface area contributed by atoms with Gasteiger partial charge in [-0.25, -0.2) is 0 Å². The Kier molecular flexibility index (Phi) is 6.50. The largest absolute Gasteiger partial charge is 0.461 e. The standard InChI is InChI=1S/C25H28N2O3/c1-26(19-20-7-9-22(10-8-20)27-15-17-29-18-16-27)25(28)14-12-23-11-13-24(30-23)21-5-3-2-4-6-21/h2-11,13H,12,14-19H2,1H3. The number of carbonyl (C=O) groups is 1. The summed E-state index contributed by atoms with van der Waals surface area (Å²) in [4.78, 5) is 16.7. The summed E-state index contributed by atoms with van der Waals surface area (Å²) in [5.41, 5.74) is 3.39. The van der Waals surface area contributed by atoms with Crippen LogP contribution >= 0.6 is 0 Å². The van der Waals surface area contributed by atoms with Crippen LogP contribution in [0.25, 0.3) is 11.3 Å². The molecule has 0 bridgehead atoms. The van der Waals surface area contributed by atoms with Gasteiger partial charge in [-0.1, -0.05) is 42.5 Å². The maximum Gasteiger partial charge on any atom is 0.223 e. The average molecular weight is 405 g/mol. The first-order chi connectivity index (χ1) is 14.7. The Bertz CT molecular complexity index is 944. The molecule has 1 aliphatic rings. The van der Waals surface area contributed by atoms with Crippen molar-refractivity contribution in [2.45, 2.75) is 19.4 Å². The number of benzene rings is 2. The molecule has 0 N–H and O–H groups in total. The van der Waals surface area contributed by atoms with E-state index >= 15 is 0 Å². The lowest BCUT2D eigenvalue weighted by Gasteiger charge is -2.29. The zero-order valence-corrected chi connectivity index (χ0v) is 17.4. The Hall–Kier alpha value is -3.05. The Morgan fingerprint density at radius 2 is 1.70 bits per heavy atom. The highest BCUT2D eigenvalue weighted by atomic mass is 16.5. The Balaban J connectivity index is 1.27. The zero-order valence-electron chi connectivity index (χ0n) is 17.4. The van der Waals surface area contributed by atoms with Crippen molar-refractivity contribution in [2.75, 3.05) is 38.3 Å². The van der Waals surface area contributed by atoms with Gasteiger partial charge in [-0.05, 0) is 29.8 Å². The topological polar surface area (TPSA) is 45.9 Å². The van der Waals surface area contributed by atoms with Crippen LogP contribution in [0.15, 0.2) is 71.1 Å². The normalized spacial score (nSPS) is 14.0. The highest BCUT2D eigenvalue weighted by Crippen LogP contribution is 2.23. The molecule has 0 aliphatic carbocycles. The summed E-state index contributed by atoms with van der Waals surface area (Å²) in [7, 11) is 1.86. The molecule has 30 heavy (non-hydrogen) atoms. The van der Waals surface area contributed by atoms with Crippen molar-refractivity contribution in [3.05, 3.63) is 78.1 Å². The van der Waals surface area contributed by atoms with Gasteiger partial charge in [0.1, 0.15) is 11.5 Å². The van der Waals surface area contributed by atoms with Crippen LogP contribution < -0.4 is 4.90 Å². The van der Waals surface area contributed by atoms with Crippen LogP contribution in [0.4, 0.5) is 5.69 Å². The molecule has 156 valence electrons. The SMILES string of the molecule is CN(Cc1ccc(N2CCOCC2)cc1)C(=O)CCc1ccc(-c2ccccc2)o1. The fourth-order valence-corrected chi connectivity index (χ4v) is 3.69. The third kappa shape index (κ3) is 5.10. The monoisotopic (exact) mass is 404 g/mol. The Labute approximate surface area is 177 Å². The average Bonchev–Trinajstić information content (AvgIpc) is 3.28. The number of furan rings is 1. The summed E-state index contributed by atoms with van der Waals surface area (Å²) in [5.74, 6) is 1.79. The molecule has 3 aromatic rings. The predicted molar refractivity (Wildman–Crippen MR) is 118 cm³/mol. The van der Waals surface area contributed by atoms with Gasteiger partial charge >= 0.3 is 0 Å². The fraction of sp³-hybridized carbons (Fsp3) is 0.320. The quantitative estimate of drug-likeness (QED) is 0.586. The summed E-state index contributed by atoms with van der Waals surface area (Å²) in [5, 5.41) is 0. The molecule has 1 fully saturated rings. The lowest BCUT2D eigenvalue weighted by Crippen LogP contribution is -2.36. The number of anilines is 1. The van der Waals surface area contributed by atoms with Gasteiger partial charge in [0, 0.05) is 50.8 Å². The van der Waals surface area contributed by atoms with E-state index in [4.69, 9.17) is 9.15 Å². The van der Waals surface area contributed by atoms with Gasteiger partial charge in [0.2, 0.25) is 5.91 Å². The van der Waals surface area contributed by atoms with Gasteiger partial charge in [0.15, 0.2) is 0 Å². The number of nitrogens with zero attached hydrogens (tertiary/aromatic N) is 2. The number of hydrogen-bond donors (Lipinski definition) is 0. The number of morpholine rings is 1. The van der Waals surface area contributed by atoms with E-state index in [1.54, 1.807) is 4.90 Å². The molecule has 1 amide bonds. The second-order valence-corrected chi connectivity index (χ2v) is 7.65. The molecular formula is C25H28N2O3. The molecular weight excluding hydrogens is 376 g/mol. The third-order valence-electron chi connectivity index (χ3n) is 5.46. The molecule has 1 aromatic heterocycles. The Morgan fingerprint density at radius 3 is 2.43 bits per heavy atom. The van der Waals surface area contributed by atoms with Crippen molar-refractivity contribution in [3.8, 4) is 11.3 Å². The molecule has 2 heterocycles. The van der Waals surface area contributed by atoms with Crippen LogP contribution in [-0.4, -0.2) is 44.2 Å². The number of rotatable bonds is 7. The molecule has 0 saturated carbocycles. The van der Waals surface area contributed by atoms with Crippen molar-refractivity contribution in [3.63, 3.8) is 0 Å². The smallest absolute Gasteiger partial charge is 0.223 e. The summed E-state index contributed by atoms with van der Waals surface area (Å²) in [6.07, 6.45) is 1.04. The van der Waals surface area contributed by atoms with Gasteiger partial charge < -0.3 is 19.0 Å². The summed E-state index contributed by atoms with van der Waals surface area (Å²) in [6, 6.07) is 22.4. The minimum Gasteiger partial charge on any atom is -0.461 e. The molecule has 1 saturated heterocycles. The van der Waals surface area contributed by atoms with Crippen LogP contribution in [0, 0.1) is 0 Å². The van der Waals surface area contributed by atoms with E-state index in [1.807, 2.05) is 49.5 Å². The van der Waals surface area contributed by atoms with Crippen molar-refractivity contribution in [1.82, 2.24) is 4.90 Å². The fourth-order valence-electron chi connectivity index (χ4n) is 3.69. The predicted octanol–water partition coefficient (Wildman–Crippen LogP) is 4.37. The maximum absolute atomic E-state index is 12.6. The van der Waals surface area contributed by atoms with Gasteiger partial charge in [-0.15, -0.1) is 0 Å². The zero-order chi connectivity index (χ0) is 20.8. The molecule has 0 spiro atoms. The first-order valence-electron chi connectivity index (χ1n) is 10.5. The number of amides is 1. The van der Waals surface area contributed by atoms with Gasteiger partial charge in [0.05, 0.1) is 13.2 Å². The number of ether oxygens (including phenoxy) is 1. The van der Waals surface area contributed by atoms with Crippen LogP contribution in [0.3, 0.4) is 0 Å². The highest BCUT2D eigenvalue weighted by molar-refractivity contribution is 5.76. The summed E-state index contributed by atoms with van der Waals surface area (Å²) in [6.45, 7) is 4.02. The lowest BCUT2D eigenvalue weighted by molar-refractivity contribution is -0.130. The van der Waals surface area contributed by atoms with E-state index in [1.165, 1.54) is 5.69 Å². The molecule has 0 radical (unpaired) electrons. The maximum atomic E-state index is 12.6. The minimum atomic E-state index is 0.116. The Morgan fingerprint density at radius 1 is 0.967 bits per heavy atom. The molecule has 0 atom stereocenters. The van der Waals surface area contributed by atoms with Crippen LogP contribution in [0.5, 0.6) is 0 Å². The van der Waals surface area contributed by atoms with E-state index in [0.717, 1.165) is 49.0 Å². The van der Waals surface area contributed by atoms with Gasteiger partial charge in [0.25, 0.3) is 0 Å². The van der Waals surface area contributed by atoms with Crippen LogP contribution in [0.1, 0.15) is 17.7 Å². The highest BCUT2D eigenvalue weighted by Gasteiger charge is 2.13. The summed E-state index contributed by atoms with van der Waals surface area (Å²) < 4.78 is 11.3. The molecule has 2 aromatic carbocycles. The molecule has 1 aliphatic heterocycles. The molecule has 5 heteroatoms. The van der Waals surface area contributed by atoms with E-state index < -0.39 is 0 Å². The minimum absolute atomic E-state index is 0.116. The molecule has 5 nitrogen and oxygen atoms in total.